The number of hydrogen-bond donors (Lipinski definition) is 0. The first-order valence-corrected chi connectivity index (χ1v) is 18.6. The SMILES string of the molecule is c1ccc(-c2ccc(C3CCc4cc5c(cc4-c4ccccc43)c3ccccc3n5-c3ccc4c(c3)oc3cccc(-c5ccccc5)c34)cc2)cc1. The van der Waals surface area contributed by atoms with Gasteiger partial charge >= 0.3 is 0 Å². The van der Waals surface area contributed by atoms with Gasteiger partial charge < -0.3 is 8.98 Å². The molecule has 8 aromatic carbocycles. The molecule has 0 aliphatic heterocycles. The van der Waals surface area contributed by atoms with Crippen LogP contribution in [0.25, 0.3) is 82.8 Å². The van der Waals surface area contributed by atoms with Crippen LogP contribution in [0.4, 0.5) is 0 Å². The predicted octanol–water partition coefficient (Wildman–Crippen LogP) is 13.8. The van der Waals surface area contributed by atoms with Crippen LogP contribution in [-0.4, -0.2) is 4.57 Å². The molecule has 2 nitrogen and oxygen atoms in total. The molecule has 1 atom stereocenters. The number of hydrogen-bond acceptors (Lipinski definition) is 1. The number of benzene rings is 8. The van der Waals surface area contributed by atoms with Gasteiger partial charge in [0.2, 0.25) is 0 Å². The van der Waals surface area contributed by atoms with E-state index in [4.69, 9.17) is 4.42 Å². The van der Waals surface area contributed by atoms with Crippen molar-refractivity contribution in [1.29, 1.82) is 0 Å². The van der Waals surface area contributed by atoms with E-state index in [9.17, 15) is 0 Å². The van der Waals surface area contributed by atoms with Crippen molar-refractivity contribution in [2.75, 3.05) is 0 Å². The lowest BCUT2D eigenvalue weighted by Gasteiger charge is -2.19. The summed E-state index contributed by atoms with van der Waals surface area (Å²) in [5, 5.41) is 4.83. The van der Waals surface area contributed by atoms with Crippen LogP contribution >= 0.6 is 0 Å². The standard InChI is InChI=1S/C51H35NO/c1-3-12-33(13-4-1)34-22-24-36(25-23-34)39-28-26-37-30-48-46(32-45(37)42-17-8-7-16-41(39)42)43-18-9-10-20-47(43)52(48)38-27-29-44-50(31-38)53-49-21-11-19-40(51(44)49)35-14-5-2-6-15-35/h1-25,27,29-32,39H,26,28H2. The monoisotopic (exact) mass is 677 g/mol. The van der Waals surface area contributed by atoms with Gasteiger partial charge in [-0.1, -0.05) is 140 Å². The molecule has 0 fully saturated rings. The number of para-hydroxylation sites is 1. The van der Waals surface area contributed by atoms with Crippen molar-refractivity contribution in [3.05, 3.63) is 199 Å². The van der Waals surface area contributed by atoms with Gasteiger partial charge in [0.15, 0.2) is 0 Å². The van der Waals surface area contributed by atoms with Crippen LogP contribution in [-0.2, 0) is 6.42 Å². The zero-order valence-electron chi connectivity index (χ0n) is 29.2. The van der Waals surface area contributed by atoms with E-state index in [1.54, 1.807) is 0 Å². The Labute approximate surface area is 308 Å². The lowest BCUT2D eigenvalue weighted by Crippen LogP contribution is -2.02. The Morgan fingerprint density at radius 1 is 0.453 bits per heavy atom. The fraction of sp³-hybridized carbons (Fsp3) is 0.0588. The maximum Gasteiger partial charge on any atom is 0.137 e. The highest BCUT2D eigenvalue weighted by Gasteiger charge is 2.26. The third-order valence-electron chi connectivity index (χ3n) is 11.5. The van der Waals surface area contributed by atoms with Crippen molar-refractivity contribution < 1.29 is 4.42 Å². The lowest BCUT2D eigenvalue weighted by atomic mass is 9.85. The van der Waals surface area contributed by atoms with E-state index in [1.165, 1.54) is 71.9 Å². The molecule has 10 aromatic rings. The quantitative estimate of drug-likeness (QED) is 0.181. The van der Waals surface area contributed by atoms with Crippen LogP contribution in [0.5, 0.6) is 0 Å². The summed E-state index contributed by atoms with van der Waals surface area (Å²) in [5.41, 5.74) is 17.1. The molecule has 2 heteroatoms. The number of nitrogens with zero attached hydrogens (tertiary/aromatic N) is 1. The van der Waals surface area contributed by atoms with Crippen LogP contribution < -0.4 is 0 Å². The summed E-state index contributed by atoms with van der Waals surface area (Å²) in [6.07, 6.45) is 2.05. The zero-order valence-corrected chi connectivity index (χ0v) is 29.2. The Hall–Kier alpha value is -6.64. The van der Waals surface area contributed by atoms with Crippen molar-refractivity contribution in [1.82, 2.24) is 4.57 Å². The molecular weight excluding hydrogens is 643 g/mol. The second kappa shape index (κ2) is 12.0. The molecule has 0 amide bonds. The fourth-order valence-corrected chi connectivity index (χ4v) is 8.99. The molecule has 0 N–H and O–H groups in total. The molecule has 0 spiro atoms. The second-order valence-electron chi connectivity index (χ2n) is 14.4. The molecule has 0 bridgehead atoms. The maximum absolute atomic E-state index is 6.60. The van der Waals surface area contributed by atoms with Gasteiger partial charge in [-0.3, -0.25) is 0 Å². The summed E-state index contributed by atoms with van der Waals surface area (Å²) < 4.78 is 9.03. The summed E-state index contributed by atoms with van der Waals surface area (Å²) >= 11 is 0. The molecule has 2 aromatic heterocycles. The van der Waals surface area contributed by atoms with E-state index in [1.807, 2.05) is 0 Å². The first kappa shape index (κ1) is 30.0. The predicted molar refractivity (Wildman–Crippen MR) is 221 cm³/mol. The summed E-state index contributed by atoms with van der Waals surface area (Å²) in [6, 6.07) is 66.5. The molecule has 1 aliphatic rings. The molecule has 0 saturated heterocycles. The third kappa shape index (κ3) is 4.80. The normalized spacial score (nSPS) is 14.1. The molecule has 53 heavy (non-hydrogen) atoms. The molecule has 0 saturated carbocycles. The van der Waals surface area contributed by atoms with E-state index in [2.05, 4.69) is 187 Å². The van der Waals surface area contributed by atoms with Crippen LogP contribution in [0, 0.1) is 0 Å². The molecule has 2 heterocycles. The topological polar surface area (TPSA) is 18.1 Å². The second-order valence-corrected chi connectivity index (χ2v) is 14.4. The van der Waals surface area contributed by atoms with E-state index >= 15 is 0 Å². The number of aromatic nitrogens is 1. The highest BCUT2D eigenvalue weighted by molar-refractivity contribution is 6.14. The average Bonchev–Trinajstić information content (AvgIpc) is 3.71. The third-order valence-corrected chi connectivity index (χ3v) is 11.5. The first-order valence-electron chi connectivity index (χ1n) is 18.6. The minimum atomic E-state index is 0.318. The zero-order chi connectivity index (χ0) is 34.9. The van der Waals surface area contributed by atoms with Gasteiger partial charge in [-0.05, 0) is 99.3 Å². The van der Waals surface area contributed by atoms with Crippen LogP contribution in [0.2, 0.25) is 0 Å². The van der Waals surface area contributed by atoms with Crippen LogP contribution in [0.15, 0.2) is 186 Å². The number of rotatable bonds is 4. The largest absolute Gasteiger partial charge is 0.456 e. The van der Waals surface area contributed by atoms with E-state index in [-0.39, 0.29) is 0 Å². The van der Waals surface area contributed by atoms with Crippen molar-refractivity contribution in [2.45, 2.75) is 18.8 Å². The summed E-state index contributed by atoms with van der Waals surface area (Å²) in [4.78, 5) is 0. The molecular formula is C51H35NO. The smallest absolute Gasteiger partial charge is 0.137 e. The molecule has 1 unspecified atom stereocenters. The van der Waals surface area contributed by atoms with Crippen molar-refractivity contribution in [3.63, 3.8) is 0 Å². The van der Waals surface area contributed by atoms with Gasteiger partial charge in [-0.15, -0.1) is 0 Å². The summed E-state index contributed by atoms with van der Waals surface area (Å²) in [7, 11) is 0. The molecule has 11 rings (SSSR count). The lowest BCUT2D eigenvalue weighted by molar-refractivity contribution is 0.668. The number of aryl methyl sites for hydroxylation is 1. The Kier molecular flexibility index (Phi) is 6.78. The van der Waals surface area contributed by atoms with Crippen molar-refractivity contribution in [3.8, 4) is 39.1 Å². The van der Waals surface area contributed by atoms with E-state index < -0.39 is 0 Å². The molecule has 1 aliphatic carbocycles. The van der Waals surface area contributed by atoms with Gasteiger partial charge in [-0.25, -0.2) is 0 Å². The van der Waals surface area contributed by atoms with Crippen molar-refractivity contribution in [2.24, 2.45) is 0 Å². The van der Waals surface area contributed by atoms with E-state index in [0.29, 0.717) is 5.92 Å². The van der Waals surface area contributed by atoms with Crippen LogP contribution in [0.3, 0.4) is 0 Å². The van der Waals surface area contributed by atoms with Crippen molar-refractivity contribution >= 4 is 43.7 Å². The Bertz CT molecular complexity index is 2980. The average molecular weight is 678 g/mol. The van der Waals surface area contributed by atoms with E-state index in [0.717, 1.165) is 40.5 Å². The van der Waals surface area contributed by atoms with Gasteiger partial charge in [0.05, 0.1) is 11.0 Å². The number of fused-ring (bicyclic) bond motifs is 9. The molecule has 0 radical (unpaired) electrons. The van der Waals surface area contributed by atoms with Gasteiger partial charge in [0.25, 0.3) is 0 Å². The van der Waals surface area contributed by atoms with Gasteiger partial charge in [-0.2, -0.15) is 0 Å². The Morgan fingerprint density at radius 3 is 2.02 bits per heavy atom. The Balaban J connectivity index is 1.05. The number of furan rings is 1. The van der Waals surface area contributed by atoms with Gasteiger partial charge in [0.1, 0.15) is 11.2 Å². The highest BCUT2D eigenvalue weighted by Crippen LogP contribution is 2.45. The van der Waals surface area contributed by atoms with Crippen LogP contribution in [0.1, 0.15) is 29.0 Å². The maximum atomic E-state index is 6.60. The minimum absolute atomic E-state index is 0.318. The summed E-state index contributed by atoms with van der Waals surface area (Å²) in [5.74, 6) is 0.318. The first-order chi connectivity index (χ1) is 26.3. The Morgan fingerprint density at radius 2 is 1.17 bits per heavy atom. The van der Waals surface area contributed by atoms with Gasteiger partial charge in [0, 0.05) is 39.2 Å². The highest BCUT2D eigenvalue weighted by atomic mass is 16.3. The molecule has 250 valence electrons. The minimum Gasteiger partial charge on any atom is -0.456 e. The fourth-order valence-electron chi connectivity index (χ4n) is 8.99. The summed E-state index contributed by atoms with van der Waals surface area (Å²) in [6.45, 7) is 0.